The molecule has 1 atom stereocenters. The van der Waals surface area contributed by atoms with Gasteiger partial charge in [0.2, 0.25) is 5.95 Å². The third kappa shape index (κ3) is 7.19. The highest BCUT2D eigenvalue weighted by atomic mass is 32.2. The van der Waals surface area contributed by atoms with E-state index in [0.717, 1.165) is 39.2 Å². The molecule has 0 bridgehead atoms. The zero-order valence-electron chi connectivity index (χ0n) is 52.0. The SMILES string of the molecule is c1ccc(-c2cc(-c3ccccc3)nc(-n3c4ccccc4c4c5c(ccc43)C3(c4ccccc4S5)c4ccccc4-c4c(-c5ccc6c(c5)c5c7c(ccc5n6-c5ccc6c(c5)sc5ccccc56)C5(c6ccccc6S7)c6ccccc6-c6ccccc65)cccc43)n2)cc1. The summed E-state index contributed by atoms with van der Waals surface area (Å²) in [7, 11) is 0. The van der Waals surface area contributed by atoms with Gasteiger partial charge in [0.25, 0.3) is 0 Å². The van der Waals surface area contributed by atoms with Crippen molar-refractivity contribution in [2.75, 3.05) is 0 Å². The lowest BCUT2D eigenvalue weighted by Crippen LogP contribution is -2.32. The average Bonchev–Trinajstić information content (AvgIpc) is 1.55. The Bertz CT molecular complexity index is 6370. The molecule has 1 unspecified atom stereocenters. The summed E-state index contributed by atoms with van der Waals surface area (Å²) in [4.78, 5) is 16.0. The van der Waals surface area contributed by atoms with Gasteiger partial charge in [-0.05, 0) is 145 Å². The molecule has 0 radical (unpaired) electrons. The number of benzene rings is 14. The smallest absolute Gasteiger partial charge is 0.235 e. The number of hydrogen-bond donors (Lipinski definition) is 0. The van der Waals surface area contributed by atoms with Crippen LogP contribution in [0.5, 0.6) is 0 Å². The second-order valence-electron chi connectivity index (χ2n) is 26.1. The third-order valence-electron chi connectivity index (χ3n) is 21.5. The van der Waals surface area contributed by atoms with Crippen LogP contribution in [0.2, 0.25) is 0 Å². The van der Waals surface area contributed by atoms with Gasteiger partial charge < -0.3 is 4.57 Å². The Morgan fingerprint density at radius 2 is 0.763 bits per heavy atom. The monoisotopic (exact) mass is 1280 g/mol. The van der Waals surface area contributed by atoms with E-state index in [0.29, 0.717) is 5.95 Å². The Kier molecular flexibility index (Phi) is 11.2. The Labute approximate surface area is 571 Å². The molecule has 2 aliphatic heterocycles. The second kappa shape index (κ2) is 20.1. The van der Waals surface area contributed by atoms with Crippen molar-refractivity contribution in [1.29, 1.82) is 0 Å². The Morgan fingerprint density at radius 1 is 0.278 bits per heavy atom. The van der Waals surface area contributed by atoms with Crippen LogP contribution in [0.1, 0.15) is 44.5 Å². The lowest BCUT2D eigenvalue weighted by molar-refractivity contribution is 0.726. The van der Waals surface area contributed by atoms with Crippen LogP contribution in [0.3, 0.4) is 0 Å². The van der Waals surface area contributed by atoms with Crippen LogP contribution >= 0.6 is 34.9 Å². The van der Waals surface area contributed by atoms with Gasteiger partial charge in [-0.15, -0.1) is 11.3 Å². The van der Waals surface area contributed by atoms with Gasteiger partial charge in [0, 0.05) is 78.1 Å². The van der Waals surface area contributed by atoms with Crippen LogP contribution < -0.4 is 0 Å². The van der Waals surface area contributed by atoms with Gasteiger partial charge in [0.15, 0.2) is 0 Å². The largest absolute Gasteiger partial charge is 0.309 e. The number of rotatable bonds is 5. The first kappa shape index (κ1) is 54.0. The van der Waals surface area contributed by atoms with Crippen molar-refractivity contribution in [2.24, 2.45) is 0 Å². The van der Waals surface area contributed by atoms with E-state index in [2.05, 4.69) is 325 Å². The standard InChI is InChI=1S/C90H52N4S3/c1-3-22-53(23-4-1)73-52-74(54-24-5-2-6-25-54)92-88(91-73)94-75-38-17-10-30-63(75)84-78(94)49-46-72-86(84)96-81-41-20-16-36-69(81)90(72)67-34-14-9-29-62(67)83-57(31-21-37-70(83)90)55-42-47-76-64(50-55)85-77(93(76)56-43-44-61-60-28-11-18-39-79(60)95-82(61)51-56)48-45-71-87(85)97-80-40-19-15-35-68(80)89(71)65-32-12-7-26-58(65)59-27-8-13-33-66(59)89/h1-52H. The van der Waals surface area contributed by atoms with Crippen molar-refractivity contribution in [1.82, 2.24) is 19.1 Å². The maximum absolute atomic E-state index is 5.47. The maximum atomic E-state index is 5.47. The van der Waals surface area contributed by atoms with Crippen molar-refractivity contribution >= 4 is 98.6 Å². The number of nitrogens with zero attached hydrogens (tertiary/aromatic N) is 4. The lowest BCUT2D eigenvalue weighted by Gasteiger charge is -2.40. The first-order valence-corrected chi connectivity index (χ1v) is 35.6. The highest BCUT2D eigenvalue weighted by molar-refractivity contribution is 8.00. The summed E-state index contributed by atoms with van der Waals surface area (Å²) in [6.45, 7) is 0. The van der Waals surface area contributed by atoms with Crippen LogP contribution in [0.25, 0.3) is 131 Å². The van der Waals surface area contributed by atoms with Gasteiger partial charge in [-0.3, -0.25) is 4.57 Å². The molecule has 0 amide bonds. The molecular weight excluding hydrogens is 1230 g/mol. The van der Waals surface area contributed by atoms with E-state index in [4.69, 9.17) is 9.97 Å². The number of aromatic nitrogens is 4. The summed E-state index contributed by atoms with van der Waals surface area (Å²) in [5.41, 5.74) is 26.4. The van der Waals surface area contributed by atoms with E-state index >= 15 is 0 Å². The van der Waals surface area contributed by atoms with Gasteiger partial charge in [-0.1, -0.05) is 272 Å². The van der Waals surface area contributed by atoms with Crippen molar-refractivity contribution in [3.63, 3.8) is 0 Å². The lowest BCUT2D eigenvalue weighted by atomic mass is 9.67. The molecule has 7 heteroatoms. The first-order chi connectivity index (χ1) is 48.1. The minimum atomic E-state index is -0.669. The molecule has 4 aliphatic rings. The van der Waals surface area contributed by atoms with E-state index in [1.807, 2.05) is 34.9 Å². The molecule has 14 aromatic carbocycles. The summed E-state index contributed by atoms with van der Waals surface area (Å²) in [6, 6.07) is 118. The highest BCUT2D eigenvalue weighted by Gasteiger charge is 2.53. The number of fused-ring (bicyclic) bond motifs is 29. The number of para-hydroxylation sites is 1. The topological polar surface area (TPSA) is 35.6 Å². The fourth-order valence-corrected chi connectivity index (χ4v) is 21.5. The minimum Gasteiger partial charge on any atom is -0.309 e. The van der Waals surface area contributed by atoms with Gasteiger partial charge in [-0.2, -0.15) is 0 Å². The predicted molar refractivity (Wildman–Crippen MR) is 403 cm³/mol. The number of hydrogen-bond acceptors (Lipinski definition) is 5. The Morgan fingerprint density at radius 3 is 1.43 bits per heavy atom. The molecule has 18 aromatic rings. The van der Waals surface area contributed by atoms with Crippen LogP contribution in [0.4, 0.5) is 0 Å². The third-order valence-corrected chi connectivity index (χ3v) is 25.0. The van der Waals surface area contributed by atoms with E-state index in [-0.39, 0.29) is 0 Å². The van der Waals surface area contributed by atoms with Gasteiger partial charge in [0.1, 0.15) is 0 Å². The van der Waals surface area contributed by atoms with Crippen LogP contribution in [0.15, 0.2) is 335 Å². The van der Waals surface area contributed by atoms with Crippen LogP contribution in [-0.4, -0.2) is 19.1 Å². The molecule has 0 saturated carbocycles. The summed E-state index contributed by atoms with van der Waals surface area (Å²) in [5, 5.41) is 7.48. The molecule has 450 valence electrons. The van der Waals surface area contributed by atoms with Gasteiger partial charge in [0.05, 0.1) is 44.3 Å². The maximum Gasteiger partial charge on any atom is 0.235 e. The summed E-state index contributed by atoms with van der Waals surface area (Å²) < 4.78 is 7.46. The molecular formula is C90H52N4S3. The predicted octanol–water partition coefficient (Wildman–Crippen LogP) is 23.7. The van der Waals surface area contributed by atoms with E-state index in [1.54, 1.807) is 0 Å². The molecule has 97 heavy (non-hydrogen) atoms. The van der Waals surface area contributed by atoms with Gasteiger partial charge in [-0.25, -0.2) is 9.97 Å². The van der Waals surface area contributed by atoms with Crippen molar-refractivity contribution in [2.45, 2.75) is 30.4 Å². The van der Waals surface area contributed by atoms with Crippen molar-refractivity contribution < 1.29 is 0 Å². The molecule has 0 fully saturated rings. The molecule has 4 nitrogen and oxygen atoms in total. The quantitative estimate of drug-likeness (QED) is 0.172. The molecule has 22 rings (SSSR count). The van der Waals surface area contributed by atoms with E-state index in [1.165, 1.54) is 150 Å². The minimum absolute atomic E-state index is 0.530. The molecule has 6 heterocycles. The fraction of sp³-hybridized carbons (Fsp3) is 0.0222. The van der Waals surface area contributed by atoms with Crippen molar-refractivity contribution in [3.05, 3.63) is 360 Å². The summed E-state index contributed by atoms with van der Waals surface area (Å²) in [5.74, 6) is 0.637. The molecule has 0 N–H and O–H groups in total. The highest BCUT2D eigenvalue weighted by Crippen LogP contribution is 2.67. The summed E-state index contributed by atoms with van der Waals surface area (Å²) in [6.07, 6.45) is 0. The van der Waals surface area contributed by atoms with Gasteiger partial charge >= 0.3 is 0 Å². The van der Waals surface area contributed by atoms with E-state index in [9.17, 15) is 0 Å². The molecule has 2 aliphatic carbocycles. The zero-order chi connectivity index (χ0) is 63.2. The summed E-state index contributed by atoms with van der Waals surface area (Å²) >= 11 is 5.72. The first-order valence-electron chi connectivity index (χ1n) is 33.2. The van der Waals surface area contributed by atoms with E-state index < -0.39 is 10.8 Å². The second-order valence-corrected chi connectivity index (χ2v) is 29.3. The fourth-order valence-electron chi connectivity index (χ4n) is 17.7. The van der Waals surface area contributed by atoms with Crippen LogP contribution in [0, 0.1) is 0 Å². The normalized spacial score (nSPS) is 15.1. The number of thiophene rings is 1. The Hall–Kier alpha value is -11.3. The molecule has 4 aromatic heterocycles. The Balaban J connectivity index is 0.795. The molecule has 2 spiro atoms. The zero-order valence-corrected chi connectivity index (χ0v) is 54.5. The average molecular weight is 1290 g/mol. The molecule has 0 saturated heterocycles. The van der Waals surface area contributed by atoms with Crippen molar-refractivity contribution in [3.8, 4) is 67.5 Å². The van der Waals surface area contributed by atoms with Crippen LogP contribution in [-0.2, 0) is 10.8 Å².